The van der Waals surface area contributed by atoms with E-state index in [9.17, 15) is 18.4 Å². The first-order valence-corrected chi connectivity index (χ1v) is 15.2. The molecule has 1 aliphatic heterocycles. The number of aliphatic imine (C=N–C) groups is 1. The van der Waals surface area contributed by atoms with Gasteiger partial charge in [-0.05, 0) is 48.4 Å². The van der Waals surface area contributed by atoms with Gasteiger partial charge in [0.25, 0.3) is 0 Å². The Morgan fingerprint density at radius 1 is 1.19 bits per heavy atom. The zero-order chi connectivity index (χ0) is 23.1. The number of rotatable bonds is 2. The van der Waals surface area contributed by atoms with Gasteiger partial charge in [0.1, 0.15) is 23.2 Å². The summed E-state index contributed by atoms with van der Waals surface area (Å²) in [7, 11) is -1.52. The first-order valence-electron chi connectivity index (χ1n) is 9.91. The molecule has 32 heavy (non-hydrogen) atoms. The van der Waals surface area contributed by atoms with Crippen LogP contribution in [0.15, 0.2) is 34.3 Å². The SMILES string of the molecule is C[Si](C)(C)C#Cc1cc2c(nn1)SC(SCc1ccc(C(F)(F)F)cc1C#N)=NC21CC1. The molecular formula is C22H19F3N4S2Si. The van der Waals surface area contributed by atoms with Crippen molar-refractivity contribution in [2.24, 2.45) is 4.99 Å². The predicted molar refractivity (Wildman–Crippen MR) is 124 cm³/mol. The fourth-order valence-electron chi connectivity index (χ4n) is 3.13. The normalized spacial score (nSPS) is 16.5. The molecule has 2 aromatic rings. The van der Waals surface area contributed by atoms with Crippen molar-refractivity contribution in [3.63, 3.8) is 0 Å². The lowest BCUT2D eigenvalue weighted by molar-refractivity contribution is -0.137. The number of nitriles is 1. The summed E-state index contributed by atoms with van der Waals surface area (Å²) in [6, 6.07) is 7.15. The van der Waals surface area contributed by atoms with Crippen LogP contribution < -0.4 is 0 Å². The highest BCUT2D eigenvalue weighted by Gasteiger charge is 2.49. The van der Waals surface area contributed by atoms with E-state index in [0.717, 1.165) is 39.9 Å². The molecule has 0 bridgehead atoms. The summed E-state index contributed by atoms with van der Waals surface area (Å²) < 4.78 is 39.6. The number of alkyl halides is 3. The largest absolute Gasteiger partial charge is 0.416 e. The van der Waals surface area contributed by atoms with Gasteiger partial charge in [-0.1, -0.05) is 43.4 Å². The summed E-state index contributed by atoms with van der Waals surface area (Å²) in [5.74, 6) is 3.50. The van der Waals surface area contributed by atoms with Gasteiger partial charge < -0.3 is 0 Å². The molecule has 1 saturated carbocycles. The van der Waals surface area contributed by atoms with Crippen LogP contribution in [-0.2, 0) is 17.5 Å². The van der Waals surface area contributed by atoms with Crippen molar-refractivity contribution in [1.29, 1.82) is 5.26 Å². The Hall–Kier alpha value is -2.27. The van der Waals surface area contributed by atoms with Crippen LogP contribution in [0.25, 0.3) is 0 Å². The molecule has 164 valence electrons. The number of nitrogens with zero attached hydrogens (tertiary/aromatic N) is 4. The molecule has 0 atom stereocenters. The maximum atomic E-state index is 12.9. The average molecular weight is 489 g/mol. The first-order chi connectivity index (χ1) is 15.0. The highest BCUT2D eigenvalue weighted by molar-refractivity contribution is 8.38. The van der Waals surface area contributed by atoms with Gasteiger partial charge in [0.2, 0.25) is 0 Å². The highest BCUT2D eigenvalue weighted by atomic mass is 32.2. The Bertz CT molecular complexity index is 1210. The van der Waals surface area contributed by atoms with Gasteiger partial charge in [0, 0.05) is 11.3 Å². The molecule has 1 aromatic carbocycles. The lowest BCUT2D eigenvalue weighted by atomic mass is 10.1. The molecule has 10 heteroatoms. The Morgan fingerprint density at radius 2 is 1.94 bits per heavy atom. The quantitative estimate of drug-likeness (QED) is 0.384. The number of halogens is 3. The summed E-state index contributed by atoms with van der Waals surface area (Å²) in [4.78, 5) is 4.92. The molecule has 2 aliphatic rings. The highest BCUT2D eigenvalue weighted by Crippen LogP contribution is 2.56. The van der Waals surface area contributed by atoms with E-state index in [4.69, 9.17) is 4.99 Å². The van der Waals surface area contributed by atoms with Crippen molar-refractivity contribution >= 4 is 36.0 Å². The molecular weight excluding hydrogens is 469 g/mol. The minimum atomic E-state index is -4.47. The molecule has 0 radical (unpaired) electrons. The van der Waals surface area contributed by atoms with Gasteiger partial charge in [-0.15, -0.1) is 15.7 Å². The van der Waals surface area contributed by atoms with E-state index < -0.39 is 19.8 Å². The van der Waals surface area contributed by atoms with E-state index in [1.165, 1.54) is 29.6 Å². The van der Waals surface area contributed by atoms with Crippen LogP contribution in [0.1, 0.15) is 40.8 Å². The number of hydrogen-bond acceptors (Lipinski definition) is 6. The molecule has 1 spiro atoms. The Balaban J connectivity index is 1.53. The van der Waals surface area contributed by atoms with Crippen molar-refractivity contribution in [2.45, 2.75) is 55.0 Å². The Kier molecular flexibility index (Phi) is 5.91. The average Bonchev–Trinajstić information content (AvgIpc) is 3.49. The minimum absolute atomic E-state index is 0.0284. The summed E-state index contributed by atoms with van der Waals surface area (Å²) in [6.45, 7) is 6.52. The Morgan fingerprint density at radius 3 is 2.56 bits per heavy atom. The molecule has 0 amide bonds. The third kappa shape index (κ3) is 5.03. The van der Waals surface area contributed by atoms with Gasteiger partial charge in [-0.3, -0.25) is 4.99 Å². The van der Waals surface area contributed by atoms with Crippen molar-refractivity contribution in [3.05, 3.63) is 52.2 Å². The molecule has 0 N–H and O–H groups in total. The standard InChI is InChI=1S/C22H19F3N4S2Si/c1-32(2,3)9-6-17-11-18-19(29-28-17)31-20(27-21(18)7-8-21)30-13-14-4-5-16(22(23,24)25)10-15(14)12-26/h4-5,10-11H,7-8,13H2,1-3H3. The zero-order valence-corrected chi connectivity index (χ0v) is 20.3. The topological polar surface area (TPSA) is 61.9 Å². The van der Waals surface area contributed by atoms with Crippen LogP contribution in [0.5, 0.6) is 0 Å². The summed E-state index contributed by atoms with van der Waals surface area (Å²) in [5, 5.41) is 18.8. The van der Waals surface area contributed by atoms with E-state index in [1.54, 1.807) is 0 Å². The molecule has 4 nitrogen and oxygen atoms in total. The van der Waals surface area contributed by atoms with E-state index in [1.807, 2.05) is 12.1 Å². The van der Waals surface area contributed by atoms with Crippen molar-refractivity contribution < 1.29 is 13.2 Å². The van der Waals surface area contributed by atoms with Crippen LogP contribution >= 0.6 is 23.5 Å². The lowest BCUT2D eigenvalue weighted by Crippen LogP contribution is -2.17. The fraction of sp³-hybridized carbons (Fsp3) is 0.364. The molecule has 0 unspecified atom stereocenters. The summed E-state index contributed by atoms with van der Waals surface area (Å²) >= 11 is 2.82. The van der Waals surface area contributed by atoms with E-state index in [2.05, 4.69) is 41.3 Å². The molecule has 1 aromatic heterocycles. The summed E-state index contributed by atoms with van der Waals surface area (Å²) in [5.41, 5.74) is 4.48. The van der Waals surface area contributed by atoms with Crippen LogP contribution in [0.4, 0.5) is 13.2 Å². The number of aromatic nitrogens is 2. The molecule has 1 fully saturated rings. The van der Waals surface area contributed by atoms with E-state index in [0.29, 0.717) is 17.0 Å². The smallest absolute Gasteiger partial charge is 0.260 e. The van der Waals surface area contributed by atoms with Crippen LogP contribution in [0, 0.1) is 22.8 Å². The maximum Gasteiger partial charge on any atom is 0.416 e. The number of thioether (sulfide) groups is 2. The third-order valence-electron chi connectivity index (χ3n) is 4.95. The third-order valence-corrected chi connectivity index (χ3v) is 7.98. The van der Waals surface area contributed by atoms with Gasteiger partial charge in [-0.25, -0.2) is 0 Å². The molecule has 0 saturated heterocycles. The van der Waals surface area contributed by atoms with Crippen LogP contribution in [0.3, 0.4) is 0 Å². The van der Waals surface area contributed by atoms with Crippen molar-refractivity contribution in [2.75, 3.05) is 0 Å². The number of hydrogen-bond donors (Lipinski definition) is 0. The molecule has 1 aliphatic carbocycles. The molecule has 4 rings (SSSR count). The number of benzene rings is 1. The van der Waals surface area contributed by atoms with Crippen molar-refractivity contribution in [3.8, 4) is 17.5 Å². The van der Waals surface area contributed by atoms with Crippen molar-refractivity contribution in [1.82, 2.24) is 10.2 Å². The van der Waals surface area contributed by atoms with E-state index in [-0.39, 0.29) is 11.1 Å². The van der Waals surface area contributed by atoms with Gasteiger partial charge in [0.05, 0.1) is 22.7 Å². The number of fused-ring (bicyclic) bond motifs is 2. The zero-order valence-electron chi connectivity index (χ0n) is 17.7. The second-order valence-electron chi connectivity index (χ2n) is 8.73. The fourth-order valence-corrected chi connectivity index (χ4v) is 5.87. The van der Waals surface area contributed by atoms with Gasteiger partial charge in [-0.2, -0.15) is 18.4 Å². The lowest BCUT2D eigenvalue weighted by Gasteiger charge is -2.21. The second kappa shape index (κ2) is 8.25. The minimum Gasteiger partial charge on any atom is -0.260 e. The first kappa shape index (κ1) is 22.9. The monoisotopic (exact) mass is 488 g/mol. The van der Waals surface area contributed by atoms with Crippen LogP contribution in [0.2, 0.25) is 19.6 Å². The van der Waals surface area contributed by atoms with Gasteiger partial charge in [0.15, 0.2) is 0 Å². The van der Waals surface area contributed by atoms with Gasteiger partial charge >= 0.3 is 6.18 Å². The summed E-state index contributed by atoms with van der Waals surface area (Å²) in [6.07, 6.45) is -2.64. The Labute approximate surface area is 194 Å². The van der Waals surface area contributed by atoms with Crippen LogP contribution in [-0.4, -0.2) is 22.6 Å². The molecule has 2 heterocycles. The maximum absolute atomic E-state index is 12.9. The predicted octanol–water partition coefficient (Wildman–Crippen LogP) is 5.98. The van der Waals surface area contributed by atoms with E-state index >= 15 is 0 Å². The second-order valence-corrected chi connectivity index (χ2v) is 15.7.